The van der Waals surface area contributed by atoms with Crippen LogP contribution in [0, 0.1) is 11.8 Å². The first kappa shape index (κ1) is 24.5. The largest absolute Gasteiger partial charge is 0.378 e. The second-order valence-electron chi connectivity index (χ2n) is 10.8. The summed E-state index contributed by atoms with van der Waals surface area (Å²) in [6.07, 6.45) is 11.4. The van der Waals surface area contributed by atoms with E-state index in [1.54, 1.807) is 12.3 Å². The second-order valence-corrected chi connectivity index (χ2v) is 10.8. The van der Waals surface area contributed by atoms with Gasteiger partial charge in [0, 0.05) is 49.7 Å². The van der Waals surface area contributed by atoms with Crippen molar-refractivity contribution in [2.24, 2.45) is 18.9 Å². The lowest BCUT2D eigenvalue weighted by atomic mass is 9.79. The molecule has 2 aromatic carbocycles. The van der Waals surface area contributed by atoms with Gasteiger partial charge in [-0.3, -0.25) is 9.59 Å². The van der Waals surface area contributed by atoms with Gasteiger partial charge in [-0.1, -0.05) is 61.4 Å². The van der Waals surface area contributed by atoms with Crippen LogP contribution in [0.4, 0.5) is 5.69 Å². The van der Waals surface area contributed by atoms with Gasteiger partial charge in [0.25, 0.3) is 0 Å². The minimum atomic E-state index is -0.203. The Morgan fingerprint density at radius 1 is 1.03 bits per heavy atom. The molecule has 2 N–H and O–H groups in total. The van der Waals surface area contributed by atoms with E-state index in [1.807, 2.05) is 23.9 Å². The van der Waals surface area contributed by atoms with Gasteiger partial charge in [-0.2, -0.15) is 0 Å². The quantitative estimate of drug-likeness (QED) is 0.481. The fraction of sp³-hybridized carbons (Fsp3) is 0.387. The maximum Gasteiger partial charge on any atom is 0.244 e. The molecule has 0 bridgehead atoms. The molecule has 0 spiro atoms. The van der Waals surface area contributed by atoms with Crippen LogP contribution in [0.1, 0.15) is 61.1 Å². The monoisotopic (exact) mass is 509 g/mol. The van der Waals surface area contributed by atoms with Crippen LogP contribution in [0.25, 0.3) is 6.08 Å². The topological polar surface area (TPSA) is 79.3 Å². The van der Waals surface area contributed by atoms with E-state index in [0.29, 0.717) is 5.92 Å². The number of likely N-dealkylation sites (tertiary alicyclic amines) is 1. The van der Waals surface area contributed by atoms with Crippen molar-refractivity contribution in [3.05, 3.63) is 90.0 Å². The van der Waals surface area contributed by atoms with Crippen molar-refractivity contribution >= 4 is 23.6 Å². The number of carbonyl (C=O) groups is 2. The Morgan fingerprint density at radius 2 is 1.82 bits per heavy atom. The Labute approximate surface area is 223 Å². The number of imidazole rings is 1. The summed E-state index contributed by atoms with van der Waals surface area (Å²) in [4.78, 5) is 33.4. The van der Waals surface area contributed by atoms with Gasteiger partial charge in [0.1, 0.15) is 5.82 Å². The number of benzene rings is 2. The van der Waals surface area contributed by atoms with Crippen molar-refractivity contribution in [3.8, 4) is 0 Å². The molecule has 196 valence electrons. The predicted molar refractivity (Wildman–Crippen MR) is 148 cm³/mol. The van der Waals surface area contributed by atoms with Crippen LogP contribution in [0.2, 0.25) is 0 Å². The molecule has 1 saturated carbocycles. The van der Waals surface area contributed by atoms with E-state index in [-0.39, 0.29) is 35.9 Å². The average Bonchev–Trinajstić information content (AvgIpc) is 3.58. The zero-order valence-electron chi connectivity index (χ0n) is 21.8. The first-order valence-corrected chi connectivity index (χ1v) is 13.8. The van der Waals surface area contributed by atoms with Crippen molar-refractivity contribution in [2.75, 3.05) is 11.9 Å². The van der Waals surface area contributed by atoms with Gasteiger partial charge in [-0.25, -0.2) is 4.98 Å². The molecule has 7 nitrogen and oxygen atoms in total. The third kappa shape index (κ3) is 4.62. The Morgan fingerprint density at radius 3 is 2.63 bits per heavy atom. The SMILES string of the molecule is Cn1ccnc1C=CC(=O)N[C@@H]1CCCC[C@@H]1C(=O)N1CC[C@@H]2[C@H](c3ccccc3)Nc3ccccc3[C@@H]21. The third-order valence-electron chi connectivity index (χ3n) is 8.56. The summed E-state index contributed by atoms with van der Waals surface area (Å²) in [7, 11) is 1.89. The van der Waals surface area contributed by atoms with Crippen LogP contribution in [-0.4, -0.2) is 38.9 Å². The molecule has 3 aromatic rings. The molecule has 2 aliphatic heterocycles. The molecular formula is C31H35N5O2. The van der Waals surface area contributed by atoms with Crippen LogP contribution >= 0.6 is 0 Å². The van der Waals surface area contributed by atoms with Crippen molar-refractivity contribution in [1.29, 1.82) is 0 Å². The Bertz CT molecular complexity index is 1330. The van der Waals surface area contributed by atoms with Crippen molar-refractivity contribution in [1.82, 2.24) is 19.8 Å². The fourth-order valence-corrected chi connectivity index (χ4v) is 6.69. The molecule has 3 heterocycles. The van der Waals surface area contributed by atoms with E-state index in [2.05, 4.69) is 69.0 Å². The zero-order valence-corrected chi connectivity index (χ0v) is 21.8. The summed E-state index contributed by atoms with van der Waals surface area (Å²) in [5.74, 6) is 0.823. The highest BCUT2D eigenvalue weighted by Gasteiger charge is 2.48. The molecule has 2 fully saturated rings. The van der Waals surface area contributed by atoms with Gasteiger partial charge in [0.15, 0.2) is 0 Å². The molecule has 1 saturated heterocycles. The van der Waals surface area contributed by atoms with Gasteiger partial charge in [0.05, 0.1) is 18.0 Å². The minimum absolute atomic E-state index is 0.0340. The molecule has 5 atom stereocenters. The Hall–Kier alpha value is -3.87. The van der Waals surface area contributed by atoms with E-state index in [0.717, 1.165) is 50.2 Å². The van der Waals surface area contributed by atoms with Crippen LogP contribution in [-0.2, 0) is 16.6 Å². The van der Waals surface area contributed by atoms with Gasteiger partial charge in [-0.15, -0.1) is 0 Å². The molecule has 6 rings (SSSR count). The lowest BCUT2D eigenvalue weighted by molar-refractivity contribution is -0.139. The number of aromatic nitrogens is 2. The van der Waals surface area contributed by atoms with Crippen LogP contribution in [0.15, 0.2) is 73.1 Å². The van der Waals surface area contributed by atoms with Crippen molar-refractivity contribution in [2.45, 2.75) is 50.2 Å². The first-order chi connectivity index (χ1) is 18.6. The number of nitrogens with one attached hydrogen (secondary N) is 2. The maximum absolute atomic E-state index is 14.2. The Kier molecular flexibility index (Phi) is 6.75. The van der Waals surface area contributed by atoms with Crippen LogP contribution in [0.3, 0.4) is 0 Å². The van der Waals surface area contributed by atoms with E-state index in [1.165, 1.54) is 17.2 Å². The number of fused-ring (bicyclic) bond motifs is 3. The summed E-state index contributed by atoms with van der Waals surface area (Å²) in [5.41, 5.74) is 3.56. The minimum Gasteiger partial charge on any atom is -0.378 e. The fourth-order valence-electron chi connectivity index (χ4n) is 6.69. The highest BCUT2D eigenvalue weighted by atomic mass is 16.2. The smallest absolute Gasteiger partial charge is 0.244 e. The van der Waals surface area contributed by atoms with E-state index in [9.17, 15) is 9.59 Å². The number of nitrogens with zero attached hydrogens (tertiary/aromatic N) is 3. The first-order valence-electron chi connectivity index (χ1n) is 13.8. The second kappa shape index (κ2) is 10.5. The molecular weight excluding hydrogens is 474 g/mol. The number of amides is 2. The lowest BCUT2D eigenvalue weighted by Crippen LogP contribution is -2.49. The average molecular weight is 510 g/mol. The summed E-state index contributed by atoms with van der Waals surface area (Å²) in [6, 6.07) is 19.0. The summed E-state index contributed by atoms with van der Waals surface area (Å²) < 4.78 is 1.86. The van der Waals surface area contributed by atoms with E-state index >= 15 is 0 Å². The molecule has 7 heteroatoms. The van der Waals surface area contributed by atoms with Crippen molar-refractivity contribution in [3.63, 3.8) is 0 Å². The summed E-state index contributed by atoms with van der Waals surface area (Å²) >= 11 is 0. The van der Waals surface area contributed by atoms with E-state index in [4.69, 9.17) is 0 Å². The molecule has 1 aromatic heterocycles. The molecule has 0 unspecified atom stereocenters. The number of carbonyl (C=O) groups excluding carboxylic acids is 2. The molecule has 2 amide bonds. The van der Waals surface area contributed by atoms with Crippen molar-refractivity contribution < 1.29 is 9.59 Å². The number of hydrogen-bond acceptors (Lipinski definition) is 4. The van der Waals surface area contributed by atoms with Gasteiger partial charge < -0.3 is 20.1 Å². The summed E-state index contributed by atoms with van der Waals surface area (Å²) in [5, 5.41) is 6.94. The molecule has 1 aliphatic carbocycles. The Balaban J connectivity index is 1.23. The molecule has 0 radical (unpaired) electrons. The standard InChI is InChI=1S/C31H35N5O2/c1-35-20-18-32-27(35)15-16-28(37)33-26-14-8-6-12-23(26)31(38)36-19-17-24-29(21-9-3-2-4-10-21)34-25-13-7-5-11-22(25)30(24)36/h2-5,7,9-11,13,15-16,18,20,23-24,26,29-30,34H,6,8,12,14,17,19H2,1H3,(H,33,37)/t23-,24+,26+,29-,30-/m0/s1. The molecule has 38 heavy (non-hydrogen) atoms. The maximum atomic E-state index is 14.2. The molecule has 3 aliphatic rings. The number of para-hydroxylation sites is 1. The third-order valence-corrected chi connectivity index (χ3v) is 8.56. The number of rotatable bonds is 5. The van der Waals surface area contributed by atoms with E-state index < -0.39 is 0 Å². The normalized spacial score (nSPS) is 26.4. The number of aryl methyl sites for hydroxylation is 1. The zero-order chi connectivity index (χ0) is 26.1. The van der Waals surface area contributed by atoms with Crippen LogP contribution < -0.4 is 10.6 Å². The van der Waals surface area contributed by atoms with Gasteiger partial charge in [0.2, 0.25) is 11.8 Å². The summed E-state index contributed by atoms with van der Waals surface area (Å²) in [6.45, 7) is 0.740. The highest BCUT2D eigenvalue weighted by Crippen LogP contribution is 2.51. The predicted octanol–water partition coefficient (Wildman–Crippen LogP) is 4.86. The van der Waals surface area contributed by atoms with Gasteiger partial charge >= 0.3 is 0 Å². The number of anilines is 1. The highest BCUT2D eigenvalue weighted by molar-refractivity contribution is 5.92. The lowest BCUT2D eigenvalue weighted by Gasteiger charge is -2.42. The van der Waals surface area contributed by atoms with Gasteiger partial charge in [-0.05, 0) is 42.5 Å². The van der Waals surface area contributed by atoms with Crippen LogP contribution in [0.5, 0.6) is 0 Å². The number of hydrogen-bond donors (Lipinski definition) is 2.